The van der Waals surface area contributed by atoms with Crippen molar-refractivity contribution in [1.82, 2.24) is 0 Å². The van der Waals surface area contributed by atoms with Gasteiger partial charge in [0.05, 0.1) is 10.6 Å². The van der Waals surface area contributed by atoms with Crippen LogP contribution in [-0.2, 0) is 10.1 Å². The van der Waals surface area contributed by atoms with Gasteiger partial charge < -0.3 is 5.84 Å². The standard InChI is InChI=1S/C7H10N2O3S/c1-5-6(9-8)3-2-4-7(5)13(10,11)12/h2,4H,3,8H2,1H3,(H,10,11,12). The molecule has 72 valence electrons. The van der Waals surface area contributed by atoms with Crippen LogP contribution < -0.4 is 5.84 Å². The van der Waals surface area contributed by atoms with E-state index in [4.69, 9.17) is 10.4 Å². The molecule has 0 fully saturated rings. The highest BCUT2D eigenvalue weighted by molar-refractivity contribution is 7.90. The summed E-state index contributed by atoms with van der Waals surface area (Å²) >= 11 is 0. The van der Waals surface area contributed by atoms with Crippen LogP contribution in [0.25, 0.3) is 0 Å². The summed E-state index contributed by atoms with van der Waals surface area (Å²) in [6.07, 6.45) is 3.42. The molecule has 0 saturated heterocycles. The summed E-state index contributed by atoms with van der Waals surface area (Å²) in [5, 5.41) is 3.42. The monoisotopic (exact) mass is 202 g/mol. The van der Waals surface area contributed by atoms with E-state index in [1.165, 1.54) is 6.08 Å². The lowest BCUT2D eigenvalue weighted by atomic mass is 10.0. The maximum Gasteiger partial charge on any atom is 0.294 e. The summed E-state index contributed by atoms with van der Waals surface area (Å²) < 4.78 is 30.4. The van der Waals surface area contributed by atoms with Gasteiger partial charge in [-0.15, -0.1) is 0 Å². The number of hydrogen-bond donors (Lipinski definition) is 2. The molecular weight excluding hydrogens is 192 g/mol. The molecule has 0 aromatic rings. The second-order valence-electron chi connectivity index (χ2n) is 2.65. The smallest absolute Gasteiger partial charge is 0.294 e. The van der Waals surface area contributed by atoms with Crippen LogP contribution in [0.15, 0.2) is 27.7 Å². The summed E-state index contributed by atoms with van der Waals surface area (Å²) in [5.41, 5.74) is 0.864. The Balaban J connectivity index is 3.31. The Hall–Kier alpha value is -1.14. The summed E-state index contributed by atoms with van der Waals surface area (Å²) in [5.74, 6) is 5.04. The Labute approximate surface area is 76.4 Å². The molecule has 0 radical (unpaired) electrons. The van der Waals surface area contributed by atoms with Crippen molar-refractivity contribution in [3.63, 3.8) is 0 Å². The van der Waals surface area contributed by atoms with Crippen LogP contribution in [0.3, 0.4) is 0 Å². The topological polar surface area (TPSA) is 92.8 Å². The van der Waals surface area contributed by atoms with Crippen LogP contribution in [0.1, 0.15) is 13.3 Å². The third-order valence-electron chi connectivity index (χ3n) is 1.82. The van der Waals surface area contributed by atoms with E-state index in [-0.39, 0.29) is 4.91 Å². The van der Waals surface area contributed by atoms with E-state index in [0.717, 1.165) is 0 Å². The molecule has 3 N–H and O–H groups in total. The maximum absolute atomic E-state index is 10.8. The van der Waals surface area contributed by atoms with Crippen molar-refractivity contribution in [2.24, 2.45) is 10.9 Å². The van der Waals surface area contributed by atoms with Gasteiger partial charge in [0.25, 0.3) is 10.1 Å². The quantitative estimate of drug-likeness (QED) is 0.366. The van der Waals surface area contributed by atoms with Crippen molar-refractivity contribution < 1.29 is 13.0 Å². The zero-order chi connectivity index (χ0) is 10.1. The molecule has 0 aromatic carbocycles. The number of nitrogens with zero attached hydrogens (tertiary/aromatic N) is 1. The lowest BCUT2D eigenvalue weighted by molar-refractivity contribution is 0.492. The van der Waals surface area contributed by atoms with Gasteiger partial charge in [-0.05, 0) is 18.6 Å². The average Bonchev–Trinajstić information content (AvgIpc) is 2.02. The van der Waals surface area contributed by atoms with Crippen LogP contribution in [0.5, 0.6) is 0 Å². The van der Waals surface area contributed by atoms with Gasteiger partial charge in [-0.2, -0.15) is 13.5 Å². The molecule has 6 heteroatoms. The van der Waals surface area contributed by atoms with Gasteiger partial charge in [-0.1, -0.05) is 6.08 Å². The van der Waals surface area contributed by atoms with Crippen molar-refractivity contribution in [2.75, 3.05) is 0 Å². The van der Waals surface area contributed by atoms with Crippen molar-refractivity contribution in [3.05, 3.63) is 22.6 Å². The average molecular weight is 202 g/mol. The van der Waals surface area contributed by atoms with Crippen molar-refractivity contribution in [2.45, 2.75) is 13.3 Å². The molecule has 0 bridgehead atoms. The van der Waals surface area contributed by atoms with Gasteiger partial charge in [-0.3, -0.25) is 4.55 Å². The second kappa shape index (κ2) is 3.31. The molecule has 0 heterocycles. The minimum atomic E-state index is -4.16. The predicted octanol–water partition coefficient (Wildman–Crippen LogP) is 0.423. The van der Waals surface area contributed by atoms with Crippen LogP contribution in [-0.4, -0.2) is 18.7 Å². The van der Waals surface area contributed by atoms with E-state index in [1.807, 2.05) is 0 Å². The first-order valence-corrected chi connectivity index (χ1v) is 5.03. The molecule has 0 spiro atoms. The molecule has 1 aliphatic rings. The molecule has 0 amide bonds. The molecule has 0 atom stereocenters. The predicted molar refractivity (Wildman–Crippen MR) is 49.6 cm³/mol. The number of hydrazone groups is 1. The number of rotatable bonds is 1. The lowest BCUT2D eigenvalue weighted by Crippen LogP contribution is -2.13. The van der Waals surface area contributed by atoms with E-state index < -0.39 is 10.1 Å². The normalized spacial score (nSPS) is 21.2. The maximum atomic E-state index is 10.8. The summed E-state index contributed by atoms with van der Waals surface area (Å²) in [4.78, 5) is -0.136. The Morgan fingerprint density at radius 3 is 2.69 bits per heavy atom. The molecule has 0 unspecified atom stereocenters. The van der Waals surface area contributed by atoms with E-state index in [0.29, 0.717) is 17.7 Å². The molecule has 0 saturated carbocycles. The van der Waals surface area contributed by atoms with Crippen LogP contribution in [0, 0.1) is 0 Å². The van der Waals surface area contributed by atoms with E-state index in [1.54, 1.807) is 13.0 Å². The fraction of sp³-hybridized carbons (Fsp3) is 0.286. The third-order valence-corrected chi connectivity index (χ3v) is 2.81. The fourth-order valence-electron chi connectivity index (χ4n) is 1.13. The van der Waals surface area contributed by atoms with Crippen LogP contribution in [0.4, 0.5) is 0 Å². The third kappa shape index (κ3) is 1.96. The molecule has 0 aromatic heterocycles. The molecule has 5 nitrogen and oxygen atoms in total. The van der Waals surface area contributed by atoms with Gasteiger partial charge >= 0.3 is 0 Å². The van der Waals surface area contributed by atoms with Crippen molar-refractivity contribution in [1.29, 1.82) is 0 Å². The number of hydrogen-bond acceptors (Lipinski definition) is 4. The first kappa shape index (κ1) is 9.94. The van der Waals surface area contributed by atoms with Gasteiger partial charge in [0.1, 0.15) is 0 Å². The Morgan fingerprint density at radius 2 is 2.23 bits per heavy atom. The van der Waals surface area contributed by atoms with E-state index >= 15 is 0 Å². The summed E-state index contributed by atoms with van der Waals surface area (Å²) in [7, 11) is -4.16. The molecule has 13 heavy (non-hydrogen) atoms. The summed E-state index contributed by atoms with van der Waals surface area (Å²) in [6.45, 7) is 1.55. The van der Waals surface area contributed by atoms with Crippen molar-refractivity contribution in [3.8, 4) is 0 Å². The minimum absolute atomic E-state index is 0.136. The number of nitrogens with two attached hydrogens (primary N) is 1. The van der Waals surface area contributed by atoms with Gasteiger partial charge in [-0.25, -0.2) is 0 Å². The molecule has 1 rings (SSSR count). The number of allylic oxidation sites excluding steroid dienone is 3. The lowest BCUT2D eigenvalue weighted by Gasteiger charge is -2.11. The Bertz CT molecular complexity index is 403. The molecular formula is C7H10N2O3S. The van der Waals surface area contributed by atoms with Gasteiger partial charge in [0.15, 0.2) is 0 Å². The Morgan fingerprint density at radius 1 is 1.62 bits per heavy atom. The zero-order valence-electron chi connectivity index (χ0n) is 7.06. The van der Waals surface area contributed by atoms with Gasteiger partial charge in [0, 0.05) is 6.42 Å². The summed E-state index contributed by atoms with van der Waals surface area (Å²) in [6, 6.07) is 0. The first-order chi connectivity index (χ1) is 5.96. The second-order valence-corrected chi connectivity index (χ2v) is 4.04. The SMILES string of the molecule is CC1=C(S(=O)(=O)O)C=CCC1=NN. The van der Waals surface area contributed by atoms with Gasteiger partial charge in [0.2, 0.25) is 0 Å². The van der Waals surface area contributed by atoms with Crippen molar-refractivity contribution >= 4 is 15.8 Å². The first-order valence-electron chi connectivity index (χ1n) is 3.59. The highest BCUT2D eigenvalue weighted by Crippen LogP contribution is 2.20. The Kier molecular flexibility index (Phi) is 2.53. The van der Waals surface area contributed by atoms with E-state index in [9.17, 15) is 8.42 Å². The van der Waals surface area contributed by atoms with Crippen LogP contribution in [0.2, 0.25) is 0 Å². The highest BCUT2D eigenvalue weighted by atomic mass is 32.2. The highest BCUT2D eigenvalue weighted by Gasteiger charge is 2.19. The fourth-order valence-corrected chi connectivity index (χ4v) is 1.90. The largest absolute Gasteiger partial charge is 0.323 e. The zero-order valence-corrected chi connectivity index (χ0v) is 7.87. The minimum Gasteiger partial charge on any atom is -0.323 e. The molecule has 0 aliphatic heterocycles. The van der Waals surface area contributed by atoms with Crippen LogP contribution >= 0.6 is 0 Å². The van der Waals surface area contributed by atoms with E-state index in [2.05, 4.69) is 5.10 Å². The molecule has 1 aliphatic carbocycles.